The van der Waals surface area contributed by atoms with Gasteiger partial charge in [-0.25, -0.2) is 0 Å². The van der Waals surface area contributed by atoms with Crippen molar-refractivity contribution in [3.63, 3.8) is 0 Å². The predicted molar refractivity (Wildman–Crippen MR) is 413 cm³/mol. The number of pyridine rings is 4. The second-order valence-electron chi connectivity index (χ2n) is 22.5. The molecule has 0 unspecified atom stereocenters. The molecule has 0 radical (unpaired) electrons. The number of fused-ring (bicyclic) bond motifs is 6. The van der Waals surface area contributed by atoms with Crippen molar-refractivity contribution in [1.82, 2.24) is 19.9 Å². The molecule has 0 saturated carbocycles. The van der Waals surface area contributed by atoms with Crippen LogP contribution in [-0.4, -0.2) is 109 Å². The fourth-order valence-corrected chi connectivity index (χ4v) is 10.4. The molecule has 26 nitrogen and oxygen atoms in total. The Kier molecular flexibility index (Phi) is 29.7. The lowest BCUT2D eigenvalue weighted by molar-refractivity contribution is 0.0510. The van der Waals surface area contributed by atoms with E-state index in [9.17, 15) is 5.11 Å². The number of furan rings is 6. The van der Waals surface area contributed by atoms with Gasteiger partial charge in [-0.2, -0.15) is 21.0 Å². The molecule has 0 spiro atoms. The molecule has 554 valence electrons. The Morgan fingerprint density at radius 2 is 0.718 bits per heavy atom. The number of rotatable bonds is 17. The minimum Gasteiger partial charge on any atom is -0.508 e. The maximum absolute atomic E-state index is 9.41. The molecule has 0 amide bonds. The van der Waals surface area contributed by atoms with Crippen molar-refractivity contribution in [3.8, 4) is 92.7 Å². The lowest BCUT2D eigenvalue weighted by Gasteiger charge is -2.04. The summed E-state index contributed by atoms with van der Waals surface area (Å²) < 4.78 is 74.4. The molecule has 10 aromatic heterocycles. The van der Waals surface area contributed by atoms with Gasteiger partial charge in [0.05, 0.1) is 41.4 Å². The van der Waals surface area contributed by atoms with Crippen molar-refractivity contribution in [2.24, 2.45) is 0 Å². The molecule has 0 aliphatic carbocycles. The van der Waals surface area contributed by atoms with E-state index in [4.69, 9.17) is 101 Å². The molecule has 10 heterocycles. The molecular formula is C82H68BBrN8O18. The van der Waals surface area contributed by atoms with Gasteiger partial charge in [0.15, 0.2) is 20.4 Å². The Balaban J connectivity index is 0.000000150. The quantitative estimate of drug-likeness (QED) is 0.0374. The highest BCUT2D eigenvalue weighted by molar-refractivity contribution is 9.10. The third-order valence-corrected chi connectivity index (χ3v) is 15.9. The number of phenols is 2. The summed E-state index contributed by atoms with van der Waals surface area (Å²) in [6, 6.07) is 58.0. The maximum atomic E-state index is 9.41. The molecule has 6 aromatic carbocycles. The summed E-state index contributed by atoms with van der Waals surface area (Å²) in [5, 5.41) is 77.4. The van der Waals surface area contributed by atoms with Crippen molar-refractivity contribution in [3.05, 3.63) is 259 Å². The van der Waals surface area contributed by atoms with Crippen LogP contribution in [0.25, 0.3) is 99.8 Å². The number of halogens is 1. The van der Waals surface area contributed by atoms with Crippen LogP contribution in [0, 0.1) is 45.3 Å². The van der Waals surface area contributed by atoms with Gasteiger partial charge < -0.3 is 84.7 Å². The van der Waals surface area contributed by atoms with E-state index in [0.29, 0.717) is 81.0 Å². The number of aromatic nitrogens is 4. The molecular weight excluding hydrogens is 1480 g/mol. The van der Waals surface area contributed by atoms with E-state index < -0.39 is 7.12 Å². The third-order valence-electron chi connectivity index (χ3n) is 15.2. The van der Waals surface area contributed by atoms with E-state index >= 15 is 0 Å². The van der Waals surface area contributed by atoms with Gasteiger partial charge in [-0.05, 0) is 186 Å². The minimum atomic E-state index is -1.60. The number of aromatic hydroxyl groups is 2. The zero-order valence-corrected chi connectivity index (χ0v) is 60.1. The number of hydrogen-bond acceptors (Lipinski definition) is 26. The second kappa shape index (κ2) is 40.6. The Morgan fingerprint density at radius 3 is 1.12 bits per heavy atom. The number of methoxy groups -OCH3 is 4. The highest BCUT2D eigenvalue weighted by Crippen LogP contribution is 2.35. The van der Waals surface area contributed by atoms with Crippen LogP contribution < -0.4 is 24.6 Å². The molecule has 0 atom stereocenters. The van der Waals surface area contributed by atoms with Crippen molar-refractivity contribution < 1.29 is 84.7 Å². The molecule has 0 fully saturated rings. The molecule has 16 rings (SSSR count). The van der Waals surface area contributed by atoms with Gasteiger partial charge in [-0.15, -0.1) is 0 Å². The van der Waals surface area contributed by atoms with Gasteiger partial charge in [0.1, 0.15) is 122 Å². The van der Waals surface area contributed by atoms with Crippen molar-refractivity contribution in [1.29, 1.82) is 21.0 Å². The summed E-state index contributed by atoms with van der Waals surface area (Å²) >= 11 is 3.19. The van der Waals surface area contributed by atoms with E-state index in [1.165, 1.54) is 31.9 Å². The summed E-state index contributed by atoms with van der Waals surface area (Å²) in [6.45, 7) is 1.66. The van der Waals surface area contributed by atoms with E-state index in [1.807, 2.05) is 84.9 Å². The van der Waals surface area contributed by atoms with Crippen LogP contribution >= 0.6 is 15.9 Å². The highest BCUT2D eigenvalue weighted by atomic mass is 79.9. The van der Waals surface area contributed by atoms with E-state index in [2.05, 4.69) is 54.1 Å². The van der Waals surface area contributed by atoms with Gasteiger partial charge in [0.25, 0.3) is 0 Å². The molecule has 0 aliphatic rings. The Labute approximate surface area is 637 Å². The first-order valence-electron chi connectivity index (χ1n) is 32.5. The summed E-state index contributed by atoms with van der Waals surface area (Å²) in [4.78, 5) is 15.6. The van der Waals surface area contributed by atoms with E-state index in [0.717, 1.165) is 81.7 Å². The monoisotopic (exact) mass is 1540 g/mol. The summed E-state index contributed by atoms with van der Waals surface area (Å²) in [6.07, 6.45) is 15.8. The average Bonchev–Trinajstić information content (AvgIpc) is 1.72. The fourth-order valence-electron chi connectivity index (χ4n) is 10.1. The van der Waals surface area contributed by atoms with Gasteiger partial charge in [-0.3, -0.25) is 19.9 Å². The normalized spacial score (nSPS) is 10.2. The maximum Gasteiger partial charge on any atom is 0.526 e. The first-order valence-corrected chi connectivity index (χ1v) is 33.3. The van der Waals surface area contributed by atoms with Crippen LogP contribution in [0.3, 0.4) is 0 Å². The predicted octanol–water partition coefficient (Wildman–Crippen LogP) is 16.8. The standard InChI is InChI=1S/C17H14N2O3.C16H12N2O3.C14H8N2O2.C10H11BO5.C10H10O3.C8H6O2.C6H3BrN2.CH4/c1-20-6-7-21-14-2-3-16-12(8-14)9-17(22-16)15-4-5-19-11-13(15)10-18;1-19-10-20-13-2-3-15-11(6-13)7-16(21-15)14-4-5-18-9-12(14)8-17;15-7-10-8-16-4-3-12(10)14-6-9-5-11(17)1-2-13(9)18-14;1-14-6-15-8-2-3-9-7(4-8)5-10(16-9)11(12)13;1-11-7-13-9-2-3-10-8(6-9)4-5-12-10;9-7-1-2-8-6(5-7)3-4-10-8;7-6-1-2-9-4-5(6)3-8;/h2-5,8-9,11H,6-7H2,1H3;2-7,9H,10H2,1H3;1-6,8,17H;2-5,12-13H,6H2,1H3;2-6H,7H2,1H3;1-5,9H;1-2,4H;1H4. The molecule has 28 heteroatoms. The number of benzene rings is 6. The first-order chi connectivity index (χ1) is 53.2. The first kappa shape index (κ1) is 80.3. The molecule has 0 bridgehead atoms. The topological polar surface area (TPSA) is 380 Å². The average molecular weight is 1540 g/mol. The SMILES string of the molecule is C.COCCOc1ccc2oc(-c3ccncc3C#N)cc2c1.COCOc1ccc2oc(-c3ccncc3C#N)cc2c1.COCOc1ccc2oc(B(O)O)cc2c1.COCOc1ccc2occc2c1.N#Cc1cnccc1-c1cc2cc(O)ccc2o1.N#Cc1cnccc1Br.Oc1ccc2occc2c1. The Morgan fingerprint density at radius 1 is 0.373 bits per heavy atom. The highest BCUT2D eigenvalue weighted by Gasteiger charge is 2.18. The fraction of sp³-hybridized carbons (Fsp3) is 0.122. The molecule has 110 heavy (non-hydrogen) atoms. The van der Waals surface area contributed by atoms with Gasteiger partial charge in [0, 0.05) is 131 Å². The third kappa shape index (κ3) is 21.9. The number of ether oxygens (including phenoxy) is 8. The number of phenolic OH excluding ortho intramolecular Hbond substituents is 2. The van der Waals surface area contributed by atoms with Crippen molar-refractivity contribution in [2.45, 2.75) is 7.43 Å². The molecule has 4 N–H and O–H groups in total. The zero-order valence-electron chi connectivity index (χ0n) is 58.5. The lowest BCUT2D eigenvalue weighted by atomic mass is 9.88. The van der Waals surface area contributed by atoms with Crippen LogP contribution in [0.5, 0.6) is 34.5 Å². The minimum absolute atomic E-state index is 0. The zero-order chi connectivity index (χ0) is 76.9. The van der Waals surface area contributed by atoms with E-state index in [-0.39, 0.29) is 45.0 Å². The van der Waals surface area contributed by atoms with Crippen LogP contribution in [0.2, 0.25) is 0 Å². The second-order valence-corrected chi connectivity index (χ2v) is 23.4. The Hall–Kier alpha value is -13.8. The number of nitriles is 4. The lowest BCUT2D eigenvalue weighted by Crippen LogP contribution is -2.27. The van der Waals surface area contributed by atoms with Crippen molar-refractivity contribution in [2.75, 3.05) is 62.0 Å². The summed E-state index contributed by atoms with van der Waals surface area (Å²) in [5.41, 5.74) is 8.65. The summed E-state index contributed by atoms with van der Waals surface area (Å²) in [5.74, 6) is 5.20. The van der Waals surface area contributed by atoms with Crippen LogP contribution in [-0.2, 0) is 18.9 Å². The van der Waals surface area contributed by atoms with Gasteiger partial charge in [-0.1, -0.05) is 7.43 Å². The largest absolute Gasteiger partial charge is 0.526 e. The molecule has 16 aromatic rings. The smallest absolute Gasteiger partial charge is 0.508 e. The molecule has 0 aliphatic heterocycles. The van der Waals surface area contributed by atoms with Crippen LogP contribution in [0.1, 0.15) is 29.7 Å². The van der Waals surface area contributed by atoms with E-state index in [1.54, 1.807) is 150 Å². The molecule has 0 saturated heterocycles. The van der Waals surface area contributed by atoms with Crippen LogP contribution in [0.15, 0.2) is 263 Å². The number of nitrogens with zero attached hydrogens (tertiary/aromatic N) is 8. The number of hydrogen-bond donors (Lipinski definition) is 4. The summed E-state index contributed by atoms with van der Waals surface area (Å²) in [7, 11) is 4.74. The Bertz CT molecular complexity index is 5840. The van der Waals surface area contributed by atoms with Gasteiger partial charge >= 0.3 is 7.12 Å². The van der Waals surface area contributed by atoms with Crippen LogP contribution in [0.4, 0.5) is 0 Å². The van der Waals surface area contributed by atoms with Gasteiger partial charge in [0.2, 0.25) is 0 Å². The van der Waals surface area contributed by atoms with Crippen molar-refractivity contribution >= 4 is 94.5 Å².